The largest absolute Gasteiger partial charge is 0.453 e. The van der Waals surface area contributed by atoms with Gasteiger partial charge in [0.25, 0.3) is 0 Å². The minimum absolute atomic E-state index is 0.208. The van der Waals surface area contributed by atoms with Crippen molar-refractivity contribution in [2.24, 2.45) is 0 Å². The Balaban J connectivity index is 1.73. The van der Waals surface area contributed by atoms with Gasteiger partial charge in [-0.3, -0.25) is 4.90 Å². The number of ether oxygens (including phenoxy) is 1. The molecule has 2 rings (SSSR count). The summed E-state index contributed by atoms with van der Waals surface area (Å²) in [6.07, 6.45) is 1.28. The van der Waals surface area contributed by atoms with E-state index >= 15 is 0 Å². The van der Waals surface area contributed by atoms with E-state index in [0.29, 0.717) is 25.1 Å². The molecular formula is C15H22FN3O2. The van der Waals surface area contributed by atoms with Gasteiger partial charge in [0.1, 0.15) is 5.82 Å². The summed E-state index contributed by atoms with van der Waals surface area (Å²) in [7, 11) is 1.40. The number of anilines is 1. The molecule has 1 aliphatic heterocycles. The maximum atomic E-state index is 13.7. The van der Waals surface area contributed by atoms with Gasteiger partial charge in [0, 0.05) is 26.2 Å². The van der Waals surface area contributed by atoms with Crippen LogP contribution in [0.1, 0.15) is 12.0 Å². The quantitative estimate of drug-likeness (QED) is 0.859. The van der Waals surface area contributed by atoms with E-state index in [1.807, 2.05) is 0 Å². The summed E-state index contributed by atoms with van der Waals surface area (Å²) >= 11 is 0. The van der Waals surface area contributed by atoms with Crippen molar-refractivity contribution in [2.45, 2.75) is 12.8 Å². The van der Waals surface area contributed by atoms with Gasteiger partial charge in [-0.15, -0.1) is 0 Å². The van der Waals surface area contributed by atoms with Gasteiger partial charge in [-0.2, -0.15) is 0 Å². The molecule has 0 radical (unpaired) electrons. The molecular weight excluding hydrogens is 273 g/mol. The lowest BCUT2D eigenvalue weighted by atomic mass is 10.1. The predicted octanol–water partition coefficient (Wildman–Crippen LogP) is 1.72. The van der Waals surface area contributed by atoms with Gasteiger partial charge in [0.05, 0.1) is 12.8 Å². The number of hydrogen-bond donors (Lipinski definition) is 1. The van der Waals surface area contributed by atoms with Crippen LogP contribution in [0.25, 0.3) is 0 Å². The number of halogens is 1. The first-order valence-corrected chi connectivity index (χ1v) is 7.20. The van der Waals surface area contributed by atoms with Crippen molar-refractivity contribution < 1.29 is 13.9 Å². The fourth-order valence-electron chi connectivity index (χ4n) is 2.57. The molecule has 5 nitrogen and oxygen atoms in total. The van der Waals surface area contributed by atoms with E-state index in [-0.39, 0.29) is 17.6 Å². The second-order valence-electron chi connectivity index (χ2n) is 5.22. The van der Waals surface area contributed by atoms with Crippen LogP contribution in [0.4, 0.5) is 14.9 Å². The molecule has 0 bridgehead atoms. The third-order valence-electron chi connectivity index (χ3n) is 3.83. The summed E-state index contributed by atoms with van der Waals surface area (Å²) in [6, 6.07) is 5.13. The molecule has 0 aliphatic carbocycles. The normalized spacial score (nSPS) is 16.0. The number of amides is 1. The van der Waals surface area contributed by atoms with E-state index in [2.05, 4.69) is 4.90 Å². The van der Waals surface area contributed by atoms with Crippen LogP contribution in [0.5, 0.6) is 0 Å². The molecule has 2 N–H and O–H groups in total. The highest BCUT2D eigenvalue weighted by atomic mass is 19.1. The molecule has 0 atom stereocenters. The Labute approximate surface area is 124 Å². The number of carbonyl (C=O) groups excluding carboxylic acids is 1. The van der Waals surface area contributed by atoms with E-state index in [1.165, 1.54) is 7.11 Å². The van der Waals surface area contributed by atoms with Gasteiger partial charge in [0.2, 0.25) is 0 Å². The van der Waals surface area contributed by atoms with Crippen LogP contribution in [0, 0.1) is 5.82 Å². The lowest BCUT2D eigenvalue weighted by molar-refractivity contribution is 0.0907. The first-order chi connectivity index (χ1) is 10.1. The number of methoxy groups -OCH3 is 1. The molecule has 1 saturated heterocycles. The number of piperazine rings is 1. The van der Waals surface area contributed by atoms with E-state index in [0.717, 1.165) is 26.1 Å². The number of nitrogen functional groups attached to an aromatic ring is 1. The number of benzene rings is 1. The third kappa shape index (κ3) is 4.07. The van der Waals surface area contributed by atoms with Gasteiger partial charge < -0.3 is 15.4 Å². The Morgan fingerprint density at radius 2 is 2.05 bits per heavy atom. The fourth-order valence-corrected chi connectivity index (χ4v) is 2.57. The molecule has 1 aromatic rings. The lowest BCUT2D eigenvalue weighted by Crippen LogP contribution is -2.48. The van der Waals surface area contributed by atoms with Crippen molar-refractivity contribution in [3.8, 4) is 0 Å². The van der Waals surface area contributed by atoms with Crippen LogP contribution in [-0.4, -0.2) is 55.7 Å². The zero-order chi connectivity index (χ0) is 15.2. The maximum Gasteiger partial charge on any atom is 0.409 e. The first kappa shape index (κ1) is 15.6. The average Bonchev–Trinajstić information content (AvgIpc) is 2.51. The van der Waals surface area contributed by atoms with Crippen LogP contribution in [-0.2, 0) is 11.2 Å². The van der Waals surface area contributed by atoms with Crippen molar-refractivity contribution in [1.29, 1.82) is 0 Å². The second-order valence-corrected chi connectivity index (χ2v) is 5.22. The van der Waals surface area contributed by atoms with Crippen molar-refractivity contribution in [3.63, 3.8) is 0 Å². The Bertz CT molecular complexity index is 488. The monoisotopic (exact) mass is 295 g/mol. The highest BCUT2D eigenvalue weighted by Gasteiger charge is 2.20. The van der Waals surface area contributed by atoms with Crippen LogP contribution in [0.3, 0.4) is 0 Å². The number of rotatable bonds is 4. The van der Waals surface area contributed by atoms with Gasteiger partial charge in [-0.1, -0.05) is 12.1 Å². The Hall–Kier alpha value is -1.82. The SMILES string of the molecule is COC(=O)N1CCN(CCCc2cccc(N)c2F)CC1. The fraction of sp³-hybridized carbons (Fsp3) is 0.533. The minimum atomic E-state index is -0.298. The van der Waals surface area contributed by atoms with Crippen LogP contribution in [0.2, 0.25) is 0 Å². The second kappa shape index (κ2) is 7.26. The molecule has 0 unspecified atom stereocenters. The van der Waals surface area contributed by atoms with Crippen molar-refractivity contribution >= 4 is 11.8 Å². The zero-order valence-corrected chi connectivity index (χ0v) is 12.3. The molecule has 1 aliphatic rings. The van der Waals surface area contributed by atoms with E-state index in [1.54, 1.807) is 23.1 Å². The highest BCUT2D eigenvalue weighted by Crippen LogP contribution is 2.16. The number of aryl methyl sites for hydroxylation is 1. The summed E-state index contributed by atoms with van der Waals surface area (Å²) in [4.78, 5) is 15.4. The third-order valence-corrected chi connectivity index (χ3v) is 3.83. The van der Waals surface area contributed by atoms with Crippen LogP contribution < -0.4 is 5.73 Å². The first-order valence-electron chi connectivity index (χ1n) is 7.20. The topological polar surface area (TPSA) is 58.8 Å². The van der Waals surface area contributed by atoms with E-state index < -0.39 is 0 Å². The molecule has 0 aromatic heterocycles. The number of nitrogens with zero attached hydrogens (tertiary/aromatic N) is 2. The van der Waals surface area contributed by atoms with Gasteiger partial charge in [-0.25, -0.2) is 9.18 Å². The zero-order valence-electron chi connectivity index (χ0n) is 12.3. The molecule has 21 heavy (non-hydrogen) atoms. The summed E-state index contributed by atoms with van der Waals surface area (Å²) in [5, 5.41) is 0. The van der Waals surface area contributed by atoms with Crippen molar-refractivity contribution in [3.05, 3.63) is 29.6 Å². The molecule has 1 aromatic carbocycles. The van der Waals surface area contributed by atoms with Crippen LogP contribution >= 0.6 is 0 Å². The molecule has 1 amide bonds. The van der Waals surface area contributed by atoms with Gasteiger partial charge in [0.15, 0.2) is 0 Å². The Morgan fingerprint density at radius 3 is 2.71 bits per heavy atom. The number of hydrogen-bond acceptors (Lipinski definition) is 4. The van der Waals surface area contributed by atoms with Gasteiger partial charge >= 0.3 is 6.09 Å². The predicted molar refractivity (Wildman–Crippen MR) is 79.6 cm³/mol. The van der Waals surface area contributed by atoms with E-state index in [9.17, 15) is 9.18 Å². The number of carbonyl (C=O) groups is 1. The lowest BCUT2D eigenvalue weighted by Gasteiger charge is -2.33. The molecule has 6 heteroatoms. The van der Waals surface area contributed by atoms with Crippen molar-refractivity contribution in [2.75, 3.05) is 45.6 Å². The summed E-state index contributed by atoms with van der Waals surface area (Å²) in [5.74, 6) is -0.298. The minimum Gasteiger partial charge on any atom is -0.453 e. The highest BCUT2D eigenvalue weighted by molar-refractivity contribution is 5.67. The maximum absolute atomic E-state index is 13.7. The van der Waals surface area contributed by atoms with Crippen molar-refractivity contribution in [1.82, 2.24) is 9.80 Å². The molecule has 0 spiro atoms. The summed E-state index contributed by atoms with van der Waals surface area (Å²) < 4.78 is 18.5. The molecule has 116 valence electrons. The number of nitrogens with two attached hydrogens (primary N) is 1. The Morgan fingerprint density at radius 1 is 1.33 bits per heavy atom. The van der Waals surface area contributed by atoms with Gasteiger partial charge in [-0.05, 0) is 31.0 Å². The molecule has 1 fully saturated rings. The van der Waals surface area contributed by atoms with Crippen LogP contribution in [0.15, 0.2) is 18.2 Å². The summed E-state index contributed by atoms with van der Waals surface area (Å²) in [6.45, 7) is 3.91. The average molecular weight is 295 g/mol. The van der Waals surface area contributed by atoms with E-state index in [4.69, 9.17) is 10.5 Å². The molecule has 1 heterocycles. The summed E-state index contributed by atoms with van der Waals surface area (Å²) in [5.41, 5.74) is 6.43. The smallest absolute Gasteiger partial charge is 0.409 e. The molecule has 0 saturated carbocycles. The Kier molecular flexibility index (Phi) is 5.38. The standard InChI is InChI=1S/C15H22FN3O2/c1-21-15(20)19-10-8-18(9-11-19)7-3-5-12-4-2-6-13(17)14(12)16/h2,4,6H,3,5,7-11,17H2,1H3.